The van der Waals surface area contributed by atoms with E-state index in [4.69, 9.17) is 0 Å². The van der Waals surface area contributed by atoms with Gasteiger partial charge in [-0.3, -0.25) is 0 Å². The third-order valence-electron chi connectivity index (χ3n) is 0.460. The summed E-state index contributed by atoms with van der Waals surface area (Å²) in [7, 11) is 0. The van der Waals surface area contributed by atoms with Crippen molar-refractivity contribution in [3.8, 4) is 0 Å². The van der Waals surface area contributed by atoms with Crippen molar-refractivity contribution in [3.63, 3.8) is 0 Å². The third kappa shape index (κ3) is 0.407. The summed E-state index contributed by atoms with van der Waals surface area (Å²) in [5.41, 5.74) is 0.745. The lowest BCUT2D eigenvalue weighted by Crippen LogP contribution is -1.60. The average Bonchev–Trinajstić information content (AvgIpc) is 1.86. The molecule has 2 radical (unpaired) electrons. The molecule has 1 rings (SSSR count). The highest BCUT2D eigenvalue weighted by Crippen LogP contribution is 1.83. The Morgan fingerprint density at radius 3 is 2.83 bits per heavy atom. The molecule has 0 unspecified atom stereocenters. The maximum absolute atomic E-state index is 4.28. The fourth-order valence-electron chi connectivity index (χ4n) is 0.211. The molecule has 1 heterocycles. The first-order valence-electron chi connectivity index (χ1n) is 1.61. The summed E-state index contributed by atoms with van der Waals surface area (Å²) in [5, 5.41) is 3.43. The highest BCUT2D eigenvalue weighted by Gasteiger charge is 1.80. The highest BCUT2D eigenvalue weighted by atomic mass is 16.5. The van der Waals surface area contributed by atoms with Crippen molar-refractivity contribution in [1.29, 1.82) is 0 Å². The topological polar surface area (TPSA) is 26.0 Å². The zero-order chi connectivity index (χ0) is 4.41. The predicted molar refractivity (Wildman–Crippen MR) is 18.9 cm³/mol. The minimum atomic E-state index is 0.745. The molecule has 0 aliphatic rings. The van der Waals surface area contributed by atoms with E-state index in [1.54, 1.807) is 6.92 Å². The maximum Gasteiger partial charge on any atom is 0.213 e. The zero-order valence-electron chi connectivity index (χ0n) is 3.36. The Morgan fingerprint density at radius 1 is 1.83 bits per heavy atom. The molecule has 0 saturated carbocycles. The van der Waals surface area contributed by atoms with Gasteiger partial charge in [-0.15, -0.1) is 0 Å². The molecule has 0 fully saturated rings. The molecular formula is C4H3NO. The van der Waals surface area contributed by atoms with Crippen molar-refractivity contribution in [2.45, 2.75) is 6.92 Å². The van der Waals surface area contributed by atoms with Gasteiger partial charge in [0.1, 0.15) is 0 Å². The van der Waals surface area contributed by atoms with Crippen molar-refractivity contribution in [2.75, 3.05) is 0 Å². The summed E-state index contributed by atoms with van der Waals surface area (Å²) in [6.07, 6.45) is 2.32. The first-order chi connectivity index (χ1) is 2.89. The van der Waals surface area contributed by atoms with E-state index in [9.17, 15) is 0 Å². The van der Waals surface area contributed by atoms with E-state index in [-0.39, 0.29) is 0 Å². The first kappa shape index (κ1) is 3.40. The standard InChI is InChI=1S/C4H3NO/c1-4-2-3-6-5-4/h1H3. The van der Waals surface area contributed by atoms with Crippen LogP contribution in [-0.4, -0.2) is 5.16 Å². The fraction of sp³-hybridized carbons (Fsp3) is 0.250. The van der Waals surface area contributed by atoms with Crippen LogP contribution < -0.4 is 0 Å². The molecule has 0 amide bonds. The maximum atomic E-state index is 4.28. The molecular weight excluding hydrogens is 78.0 g/mol. The summed E-state index contributed by atoms with van der Waals surface area (Å²) in [4.78, 5) is 0. The molecule has 1 aromatic rings. The number of rotatable bonds is 0. The molecule has 0 aromatic carbocycles. The Kier molecular flexibility index (Phi) is 0.638. The molecule has 1 aromatic heterocycles. The van der Waals surface area contributed by atoms with Gasteiger partial charge in [0.25, 0.3) is 0 Å². The van der Waals surface area contributed by atoms with Gasteiger partial charge < -0.3 is 4.52 Å². The number of hydrogen-bond donors (Lipinski definition) is 0. The fourth-order valence-corrected chi connectivity index (χ4v) is 0.211. The molecule has 0 N–H and O–H groups in total. The van der Waals surface area contributed by atoms with Gasteiger partial charge in [0.15, 0.2) is 0 Å². The van der Waals surface area contributed by atoms with Gasteiger partial charge in [0.2, 0.25) is 6.26 Å². The van der Waals surface area contributed by atoms with E-state index in [0.29, 0.717) is 0 Å². The molecule has 0 spiro atoms. The van der Waals surface area contributed by atoms with E-state index in [1.807, 2.05) is 0 Å². The van der Waals surface area contributed by atoms with Crippen molar-refractivity contribution < 1.29 is 4.52 Å². The molecule has 30 valence electrons. The SMILES string of the molecule is Cc1[c][c]on1. The lowest BCUT2D eigenvalue weighted by atomic mass is 10.5. The smallest absolute Gasteiger partial charge is 0.213 e. The van der Waals surface area contributed by atoms with Gasteiger partial charge in [-0.25, -0.2) is 0 Å². The van der Waals surface area contributed by atoms with Gasteiger partial charge in [-0.2, -0.15) is 0 Å². The Bertz CT molecular complexity index is 111. The van der Waals surface area contributed by atoms with E-state index < -0.39 is 0 Å². The van der Waals surface area contributed by atoms with Crippen LogP contribution in [0.25, 0.3) is 0 Å². The molecule has 2 nitrogen and oxygen atoms in total. The molecule has 0 aliphatic carbocycles. The highest BCUT2D eigenvalue weighted by molar-refractivity contribution is 4.85. The van der Waals surface area contributed by atoms with Gasteiger partial charge >= 0.3 is 0 Å². The molecule has 0 bridgehead atoms. The van der Waals surface area contributed by atoms with Gasteiger partial charge in [-0.1, -0.05) is 5.16 Å². The lowest BCUT2D eigenvalue weighted by molar-refractivity contribution is 0.408. The predicted octanol–water partition coefficient (Wildman–Crippen LogP) is 0.583. The van der Waals surface area contributed by atoms with Crippen molar-refractivity contribution in [1.82, 2.24) is 5.16 Å². The summed E-state index contributed by atoms with van der Waals surface area (Å²) >= 11 is 0. The van der Waals surface area contributed by atoms with Crippen LogP contribution in [0.3, 0.4) is 0 Å². The number of aryl methyl sites for hydroxylation is 1. The molecule has 0 aliphatic heterocycles. The number of nitrogens with zero attached hydrogens (tertiary/aromatic N) is 1. The monoisotopic (exact) mass is 81.0 g/mol. The Labute approximate surface area is 35.8 Å². The molecule has 6 heavy (non-hydrogen) atoms. The second-order valence-electron chi connectivity index (χ2n) is 0.995. The Morgan fingerprint density at radius 2 is 2.67 bits per heavy atom. The quantitative estimate of drug-likeness (QED) is 0.456. The van der Waals surface area contributed by atoms with E-state index >= 15 is 0 Å². The van der Waals surface area contributed by atoms with Crippen molar-refractivity contribution >= 4 is 0 Å². The van der Waals surface area contributed by atoms with Crippen LogP contribution >= 0.6 is 0 Å². The minimum Gasteiger partial charge on any atom is -0.352 e. The molecule has 2 heteroatoms. The third-order valence-corrected chi connectivity index (χ3v) is 0.460. The normalized spacial score (nSPS) is 8.83. The van der Waals surface area contributed by atoms with Crippen LogP contribution in [0.4, 0.5) is 0 Å². The minimum absolute atomic E-state index is 0.745. The summed E-state index contributed by atoms with van der Waals surface area (Å²) in [6, 6.07) is 2.60. The largest absolute Gasteiger partial charge is 0.352 e. The summed E-state index contributed by atoms with van der Waals surface area (Å²) in [5.74, 6) is 0. The number of hydrogen-bond acceptors (Lipinski definition) is 2. The van der Waals surface area contributed by atoms with Gasteiger partial charge in [-0.05, 0) is 6.92 Å². The average molecular weight is 81.1 g/mol. The van der Waals surface area contributed by atoms with Crippen molar-refractivity contribution in [3.05, 3.63) is 18.0 Å². The Hall–Kier alpha value is -0.790. The number of aromatic nitrogens is 1. The van der Waals surface area contributed by atoms with E-state index in [2.05, 4.69) is 22.0 Å². The van der Waals surface area contributed by atoms with Crippen molar-refractivity contribution in [2.24, 2.45) is 0 Å². The van der Waals surface area contributed by atoms with Gasteiger partial charge in [0.05, 0.1) is 11.8 Å². The van der Waals surface area contributed by atoms with Crippen LogP contribution in [0.1, 0.15) is 5.69 Å². The van der Waals surface area contributed by atoms with Crippen LogP contribution in [0, 0.1) is 19.3 Å². The van der Waals surface area contributed by atoms with Crippen LogP contribution in [0.15, 0.2) is 4.52 Å². The van der Waals surface area contributed by atoms with Crippen LogP contribution in [0.5, 0.6) is 0 Å². The summed E-state index contributed by atoms with van der Waals surface area (Å²) in [6.45, 7) is 1.79. The zero-order valence-corrected chi connectivity index (χ0v) is 3.36. The first-order valence-corrected chi connectivity index (χ1v) is 1.61. The van der Waals surface area contributed by atoms with E-state index in [0.717, 1.165) is 5.69 Å². The van der Waals surface area contributed by atoms with Gasteiger partial charge in [0, 0.05) is 0 Å². The Balaban J connectivity index is 3.05. The lowest BCUT2D eigenvalue weighted by Gasteiger charge is -1.61. The van der Waals surface area contributed by atoms with E-state index in [1.165, 1.54) is 0 Å². The van der Waals surface area contributed by atoms with Crippen LogP contribution in [0.2, 0.25) is 0 Å². The second kappa shape index (κ2) is 1.12. The molecule has 0 atom stereocenters. The molecule has 0 saturated heterocycles. The summed E-state index contributed by atoms with van der Waals surface area (Å²) < 4.78 is 4.28. The second-order valence-corrected chi connectivity index (χ2v) is 0.995. The van der Waals surface area contributed by atoms with Crippen LogP contribution in [-0.2, 0) is 0 Å².